The minimum Gasteiger partial charge on any atom is -0.459 e. The first-order valence-corrected chi connectivity index (χ1v) is 9.70. The molecule has 30 heavy (non-hydrogen) atoms. The monoisotopic (exact) mass is 432 g/mol. The summed E-state index contributed by atoms with van der Waals surface area (Å²) in [5.74, 6) is -1.46. The molecule has 2 saturated heterocycles. The lowest BCUT2D eigenvalue weighted by atomic mass is 9.92. The molecule has 2 aliphatic heterocycles. The van der Waals surface area contributed by atoms with Crippen molar-refractivity contribution in [2.24, 2.45) is 0 Å². The Hall–Kier alpha value is -2.20. The van der Waals surface area contributed by atoms with E-state index in [0.717, 1.165) is 22.9 Å². The first-order valence-electron chi connectivity index (χ1n) is 9.70. The quantitative estimate of drug-likeness (QED) is 0.534. The van der Waals surface area contributed by atoms with Gasteiger partial charge in [-0.1, -0.05) is 0 Å². The van der Waals surface area contributed by atoms with Crippen molar-refractivity contribution in [3.63, 3.8) is 0 Å². The maximum atomic E-state index is 13.7. The number of halogens is 5. The predicted molar refractivity (Wildman–Crippen MR) is 97.5 cm³/mol. The second kappa shape index (κ2) is 8.14. The SMILES string of the molecule is O=C(O[C@H]1C[C@H]2COC[C@@H](C1)N2CCF)c1cn(CC(F)(F)F)c2ccc(F)cc12. The van der Waals surface area contributed by atoms with E-state index in [4.69, 9.17) is 9.47 Å². The van der Waals surface area contributed by atoms with Gasteiger partial charge in [0.2, 0.25) is 0 Å². The van der Waals surface area contributed by atoms with E-state index >= 15 is 0 Å². The number of carbonyl (C=O) groups excluding carboxylic acids is 1. The lowest BCUT2D eigenvalue weighted by Crippen LogP contribution is -2.59. The Kier molecular flexibility index (Phi) is 5.71. The van der Waals surface area contributed by atoms with E-state index in [9.17, 15) is 26.7 Å². The van der Waals surface area contributed by atoms with Crippen molar-refractivity contribution in [1.29, 1.82) is 0 Å². The molecular weight excluding hydrogens is 411 g/mol. The van der Waals surface area contributed by atoms with E-state index in [-0.39, 0.29) is 35.1 Å². The number of esters is 1. The smallest absolute Gasteiger partial charge is 0.406 e. The Morgan fingerprint density at radius 1 is 1.20 bits per heavy atom. The van der Waals surface area contributed by atoms with Gasteiger partial charge < -0.3 is 14.0 Å². The van der Waals surface area contributed by atoms with Gasteiger partial charge in [-0.05, 0) is 18.2 Å². The van der Waals surface area contributed by atoms with Gasteiger partial charge in [0.1, 0.15) is 25.1 Å². The van der Waals surface area contributed by atoms with Crippen molar-refractivity contribution in [2.45, 2.75) is 43.8 Å². The molecule has 3 atom stereocenters. The molecular formula is C20H21F5N2O3. The van der Waals surface area contributed by atoms with Crippen LogP contribution >= 0.6 is 0 Å². The second-order valence-corrected chi connectivity index (χ2v) is 7.72. The van der Waals surface area contributed by atoms with Gasteiger partial charge >= 0.3 is 12.1 Å². The van der Waals surface area contributed by atoms with E-state index < -0.39 is 37.3 Å². The molecule has 0 saturated carbocycles. The molecule has 10 heteroatoms. The van der Waals surface area contributed by atoms with E-state index in [1.807, 2.05) is 4.90 Å². The summed E-state index contributed by atoms with van der Waals surface area (Å²) in [5, 5.41) is 0.0719. The number of piperidine rings is 1. The minimum absolute atomic E-state index is 0.0719. The summed E-state index contributed by atoms with van der Waals surface area (Å²) < 4.78 is 77.3. The Morgan fingerprint density at radius 3 is 2.53 bits per heavy atom. The summed E-state index contributed by atoms with van der Waals surface area (Å²) in [6.07, 6.45) is -3.03. The number of ether oxygens (including phenoxy) is 2. The molecule has 4 rings (SSSR count). The number of nitrogens with zero attached hydrogens (tertiary/aromatic N) is 2. The van der Waals surface area contributed by atoms with Gasteiger partial charge in [0.25, 0.3) is 0 Å². The van der Waals surface area contributed by atoms with Crippen LogP contribution in [0.2, 0.25) is 0 Å². The topological polar surface area (TPSA) is 43.7 Å². The summed E-state index contributed by atoms with van der Waals surface area (Å²) in [5.41, 5.74) is -0.00921. The minimum atomic E-state index is -4.50. The van der Waals surface area contributed by atoms with Gasteiger partial charge in [-0.15, -0.1) is 0 Å². The number of rotatable bonds is 5. The van der Waals surface area contributed by atoms with Crippen molar-refractivity contribution < 1.29 is 36.2 Å². The third-order valence-corrected chi connectivity index (χ3v) is 5.66. The summed E-state index contributed by atoms with van der Waals surface area (Å²) in [6, 6.07) is 3.12. The standard InChI is InChI=1S/C20H21F5N2O3/c21-3-4-27-13-6-15(7-14(27)10-29-9-13)30-19(28)17-8-26(11-20(23,24)25)18-2-1-12(22)5-16(17)18/h1-2,5,8,13-15H,3-4,6-7,9-11H2/t13-,14+,15-. The third-order valence-electron chi connectivity index (χ3n) is 5.66. The number of morpholine rings is 1. The number of hydrogen-bond donors (Lipinski definition) is 0. The van der Waals surface area contributed by atoms with Gasteiger partial charge in [-0.3, -0.25) is 4.90 Å². The zero-order valence-electron chi connectivity index (χ0n) is 16.0. The number of fused-ring (bicyclic) bond motifs is 3. The zero-order valence-corrected chi connectivity index (χ0v) is 16.0. The van der Waals surface area contributed by atoms with Crippen LogP contribution in [0.5, 0.6) is 0 Å². The summed E-state index contributed by atoms with van der Waals surface area (Å²) >= 11 is 0. The van der Waals surface area contributed by atoms with Crippen LogP contribution in [0.3, 0.4) is 0 Å². The van der Waals surface area contributed by atoms with E-state index in [1.54, 1.807) is 0 Å². The normalized spacial score (nSPS) is 24.9. The maximum Gasteiger partial charge on any atom is 0.406 e. The highest BCUT2D eigenvalue weighted by molar-refractivity contribution is 6.04. The first kappa shape index (κ1) is 21.0. The summed E-state index contributed by atoms with van der Waals surface area (Å²) in [6.45, 7) is -0.696. The summed E-state index contributed by atoms with van der Waals surface area (Å²) in [4.78, 5) is 14.8. The largest absolute Gasteiger partial charge is 0.459 e. The van der Waals surface area contributed by atoms with Crippen LogP contribution < -0.4 is 0 Å². The Labute approximate surface area is 169 Å². The highest BCUT2D eigenvalue weighted by Gasteiger charge is 2.40. The number of hydrogen-bond acceptors (Lipinski definition) is 4. The molecule has 2 aliphatic rings. The molecule has 3 heterocycles. The number of carbonyl (C=O) groups is 1. The average molecular weight is 432 g/mol. The van der Waals surface area contributed by atoms with Gasteiger partial charge in [-0.2, -0.15) is 13.2 Å². The Bertz CT molecular complexity index is 915. The van der Waals surface area contributed by atoms with Gasteiger partial charge in [0, 0.05) is 48.6 Å². The first-order chi connectivity index (χ1) is 14.2. The van der Waals surface area contributed by atoms with Crippen molar-refractivity contribution in [1.82, 2.24) is 9.47 Å². The fourth-order valence-corrected chi connectivity index (χ4v) is 4.47. The third kappa shape index (κ3) is 4.29. The Morgan fingerprint density at radius 2 is 1.90 bits per heavy atom. The van der Waals surface area contributed by atoms with E-state index in [1.165, 1.54) is 6.07 Å². The van der Waals surface area contributed by atoms with E-state index in [2.05, 4.69) is 0 Å². The molecule has 0 unspecified atom stereocenters. The highest BCUT2D eigenvalue weighted by Crippen LogP contribution is 2.31. The van der Waals surface area contributed by atoms with Crippen LogP contribution in [0.1, 0.15) is 23.2 Å². The maximum absolute atomic E-state index is 13.7. The zero-order chi connectivity index (χ0) is 21.5. The summed E-state index contributed by atoms with van der Waals surface area (Å²) in [7, 11) is 0. The molecule has 0 radical (unpaired) electrons. The molecule has 5 nitrogen and oxygen atoms in total. The lowest BCUT2D eigenvalue weighted by Gasteiger charge is -2.47. The molecule has 2 fully saturated rings. The number of alkyl halides is 4. The van der Waals surface area contributed by atoms with E-state index in [0.29, 0.717) is 26.1 Å². The lowest BCUT2D eigenvalue weighted by molar-refractivity contribution is -0.139. The van der Waals surface area contributed by atoms with Crippen molar-refractivity contribution >= 4 is 16.9 Å². The van der Waals surface area contributed by atoms with Crippen molar-refractivity contribution in [3.05, 3.63) is 35.8 Å². The molecule has 0 amide bonds. The van der Waals surface area contributed by atoms with Crippen LogP contribution in [0, 0.1) is 5.82 Å². The highest BCUT2D eigenvalue weighted by atomic mass is 19.4. The van der Waals surface area contributed by atoms with Gasteiger partial charge in [0.15, 0.2) is 0 Å². The van der Waals surface area contributed by atoms with Gasteiger partial charge in [0.05, 0.1) is 18.8 Å². The Balaban J connectivity index is 1.56. The van der Waals surface area contributed by atoms with Crippen LogP contribution in [0.4, 0.5) is 22.0 Å². The molecule has 1 aromatic heterocycles. The fourth-order valence-electron chi connectivity index (χ4n) is 4.47. The van der Waals surface area contributed by atoms with Crippen LogP contribution in [-0.4, -0.2) is 66.2 Å². The second-order valence-electron chi connectivity index (χ2n) is 7.72. The molecule has 2 aromatic rings. The van der Waals surface area contributed by atoms with Crippen molar-refractivity contribution in [3.8, 4) is 0 Å². The molecule has 0 N–H and O–H groups in total. The average Bonchev–Trinajstić information content (AvgIpc) is 2.98. The molecule has 164 valence electrons. The molecule has 1 aromatic carbocycles. The molecule has 0 spiro atoms. The number of aromatic nitrogens is 1. The van der Waals surface area contributed by atoms with Crippen LogP contribution in [0.15, 0.2) is 24.4 Å². The van der Waals surface area contributed by atoms with Gasteiger partial charge in [-0.25, -0.2) is 13.6 Å². The van der Waals surface area contributed by atoms with Crippen LogP contribution in [0.25, 0.3) is 10.9 Å². The number of benzene rings is 1. The van der Waals surface area contributed by atoms with Crippen molar-refractivity contribution in [2.75, 3.05) is 26.4 Å². The molecule has 2 bridgehead atoms. The van der Waals surface area contributed by atoms with Crippen LogP contribution in [-0.2, 0) is 16.0 Å². The molecule has 0 aliphatic carbocycles. The predicted octanol–water partition coefficient (Wildman–Crippen LogP) is 3.70. The fraction of sp³-hybridized carbons (Fsp3) is 0.550.